The van der Waals surface area contributed by atoms with Gasteiger partial charge in [0.25, 0.3) is 0 Å². The van der Waals surface area contributed by atoms with E-state index in [-0.39, 0.29) is 7.43 Å². The number of esters is 1. The van der Waals surface area contributed by atoms with Crippen molar-refractivity contribution < 1.29 is 9.53 Å². The first-order chi connectivity index (χ1) is 10.7. The maximum absolute atomic E-state index is 11.4. The molecule has 0 aliphatic carbocycles. The molecule has 0 saturated heterocycles. The first-order valence-corrected chi connectivity index (χ1v) is 6.87. The fraction of sp³-hybridized carbons (Fsp3) is 0.158. The van der Waals surface area contributed by atoms with Gasteiger partial charge < -0.3 is 9.64 Å². The van der Waals surface area contributed by atoms with Gasteiger partial charge in [0.2, 0.25) is 0 Å². The van der Waals surface area contributed by atoms with E-state index in [2.05, 4.69) is 16.7 Å². The number of terminal acetylenes is 1. The van der Waals surface area contributed by atoms with Crippen LogP contribution in [0, 0.1) is 12.5 Å². The second-order valence-corrected chi connectivity index (χ2v) is 4.42. The predicted molar refractivity (Wildman–Crippen MR) is 95.0 cm³/mol. The Kier molecular flexibility index (Phi) is 7.09. The van der Waals surface area contributed by atoms with Gasteiger partial charge in [-0.15, -0.1) is 0 Å². The second-order valence-electron chi connectivity index (χ2n) is 4.42. The summed E-state index contributed by atoms with van der Waals surface area (Å²) in [5.74, 6) is -0.544. The molecule has 0 radical (unpaired) electrons. The molecule has 0 saturated carbocycles. The summed E-state index contributed by atoms with van der Waals surface area (Å²) in [6.07, 6.45) is 8.55. The average Bonchev–Trinajstić information content (AvgIpc) is 2.57. The Morgan fingerprint density at radius 3 is 2.43 bits per heavy atom. The molecule has 23 heavy (non-hydrogen) atoms. The summed E-state index contributed by atoms with van der Waals surface area (Å²) < 4.78 is 4.48. The molecule has 2 aromatic carbocycles. The molecule has 0 fully saturated rings. The van der Waals surface area contributed by atoms with Crippen LogP contribution < -0.4 is 4.90 Å². The highest BCUT2D eigenvalue weighted by atomic mass is 16.5. The van der Waals surface area contributed by atoms with Crippen LogP contribution in [-0.4, -0.2) is 18.9 Å². The fourth-order valence-electron chi connectivity index (χ4n) is 1.88. The standard InChI is InChI=1S/C18H16N2O2.CH4/c1-3-20(17-8-6-5-7-9-17)14-19-16-12-10-15(11-13-16)18(21)22-4-2;/h2,5-14H,3H2,1H3;1H4. The highest BCUT2D eigenvalue weighted by Crippen LogP contribution is 2.15. The van der Waals surface area contributed by atoms with Crippen molar-refractivity contribution in [3.8, 4) is 12.5 Å². The van der Waals surface area contributed by atoms with Crippen molar-refractivity contribution >= 4 is 23.7 Å². The van der Waals surface area contributed by atoms with Gasteiger partial charge in [-0.05, 0) is 43.3 Å². The van der Waals surface area contributed by atoms with Gasteiger partial charge in [-0.2, -0.15) is 0 Å². The summed E-state index contributed by atoms with van der Waals surface area (Å²) >= 11 is 0. The van der Waals surface area contributed by atoms with Gasteiger partial charge in [0.05, 0.1) is 17.6 Å². The van der Waals surface area contributed by atoms with Crippen molar-refractivity contribution in [3.63, 3.8) is 0 Å². The van der Waals surface area contributed by atoms with E-state index >= 15 is 0 Å². The van der Waals surface area contributed by atoms with Crippen LogP contribution in [0.3, 0.4) is 0 Å². The number of rotatable bonds is 5. The van der Waals surface area contributed by atoms with Gasteiger partial charge in [0, 0.05) is 12.2 Å². The molecule has 0 amide bonds. The molecule has 0 aliphatic heterocycles. The summed E-state index contributed by atoms with van der Waals surface area (Å²) in [7, 11) is 0. The van der Waals surface area contributed by atoms with Crippen LogP contribution >= 0.6 is 0 Å². The van der Waals surface area contributed by atoms with Crippen molar-refractivity contribution in [1.82, 2.24) is 0 Å². The number of carbonyl (C=O) groups is 1. The number of carbonyl (C=O) groups excluding carboxylic acids is 1. The van der Waals surface area contributed by atoms with Gasteiger partial charge >= 0.3 is 5.97 Å². The van der Waals surface area contributed by atoms with Gasteiger partial charge in [-0.3, -0.25) is 0 Å². The van der Waals surface area contributed by atoms with Crippen molar-refractivity contribution in [2.75, 3.05) is 11.4 Å². The van der Waals surface area contributed by atoms with E-state index in [0.717, 1.165) is 17.9 Å². The Morgan fingerprint density at radius 1 is 1.22 bits per heavy atom. The predicted octanol–water partition coefficient (Wildman–Crippen LogP) is 4.26. The lowest BCUT2D eigenvalue weighted by Gasteiger charge is -2.16. The van der Waals surface area contributed by atoms with Crippen LogP contribution in [0.2, 0.25) is 0 Å². The average molecular weight is 308 g/mol. The quantitative estimate of drug-likeness (QED) is 0.359. The summed E-state index contributed by atoms with van der Waals surface area (Å²) in [4.78, 5) is 17.9. The largest absolute Gasteiger partial charge is 0.369 e. The Balaban J connectivity index is 0.00000264. The van der Waals surface area contributed by atoms with Gasteiger partial charge in [-0.25, -0.2) is 9.79 Å². The SMILES string of the molecule is C.C#COC(=O)c1ccc(N=CN(CC)c2ccccc2)cc1. The van der Waals surface area contributed by atoms with E-state index in [9.17, 15) is 4.79 Å². The number of ether oxygens (including phenoxy) is 1. The minimum absolute atomic E-state index is 0. The molecule has 0 bridgehead atoms. The van der Waals surface area contributed by atoms with Crippen LogP contribution in [0.1, 0.15) is 24.7 Å². The summed E-state index contributed by atoms with van der Waals surface area (Å²) in [5.41, 5.74) is 2.21. The Hall–Kier alpha value is -3.06. The van der Waals surface area contributed by atoms with E-state index in [0.29, 0.717) is 5.56 Å². The molecule has 4 heteroatoms. The lowest BCUT2D eigenvalue weighted by atomic mass is 10.2. The molecular formula is C19H20N2O2. The topological polar surface area (TPSA) is 41.9 Å². The highest BCUT2D eigenvalue weighted by molar-refractivity contribution is 5.90. The van der Waals surface area contributed by atoms with Gasteiger partial charge in [0.1, 0.15) is 6.11 Å². The van der Waals surface area contributed by atoms with Crippen molar-refractivity contribution in [2.45, 2.75) is 14.4 Å². The van der Waals surface area contributed by atoms with Crippen molar-refractivity contribution in [3.05, 3.63) is 60.2 Å². The lowest BCUT2D eigenvalue weighted by Crippen LogP contribution is -2.19. The number of benzene rings is 2. The maximum Gasteiger partial charge on any atom is 0.352 e. The van der Waals surface area contributed by atoms with E-state index < -0.39 is 5.97 Å². The maximum atomic E-state index is 11.4. The lowest BCUT2D eigenvalue weighted by molar-refractivity contribution is 0.0691. The summed E-state index contributed by atoms with van der Waals surface area (Å²) in [6.45, 7) is 2.86. The van der Waals surface area contributed by atoms with E-state index in [4.69, 9.17) is 6.42 Å². The third-order valence-corrected chi connectivity index (χ3v) is 3.03. The van der Waals surface area contributed by atoms with Crippen LogP contribution in [0.4, 0.5) is 11.4 Å². The molecule has 0 unspecified atom stereocenters. The third-order valence-electron chi connectivity index (χ3n) is 3.03. The Labute approximate surface area is 137 Å². The molecule has 0 N–H and O–H groups in total. The molecule has 2 rings (SSSR count). The first kappa shape index (κ1) is 18.0. The van der Waals surface area contributed by atoms with Crippen molar-refractivity contribution in [1.29, 1.82) is 0 Å². The number of aliphatic imine (C=N–C) groups is 1. The molecule has 0 heterocycles. The molecule has 0 aliphatic rings. The molecule has 0 aromatic heterocycles. The van der Waals surface area contributed by atoms with Crippen LogP contribution in [-0.2, 0) is 4.74 Å². The molecular weight excluding hydrogens is 288 g/mol. The molecule has 0 atom stereocenters. The monoisotopic (exact) mass is 308 g/mol. The summed E-state index contributed by atoms with van der Waals surface area (Å²) in [5, 5.41) is 0. The highest BCUT2D eigenvalue weighted by Gasteiger charge is 2.05. The number of hydrogen-bond acceptors (Lipinski definition) is 3. The van der Waals surface area contributed by atoms with E-state index in [1.54, 1.807) is 30.6 Å². The molecule has 118 valence electrons. The summed E-state index contributed by atoms with van der Waals surface area (Å²) in [6, 6.07) is 16.7. The zero-order valence-corrected chi connectivity index (χ0v) is 12.3. The minimum atomic E-state index is -0.544. The molecule has 0 spiro atoms. The zero-order valence-electron chi connectivity index (χ0n) is 12.3. The molecule has 2 aromatic rings. The first-order valence-electron chi connectivity index (χ1n) is 6.87. The Morgan fingerprint density at radius 2 is 1.87 bits per heavy atom. The van der Waals surface area contributed by atoms with E-state index in [1.165, 1.54) is 0 Å². The normalized spacial score (nSPS) is 9.74. The van der Waals surface area contributed by atoms with E-state index in [1.807, 2.05) is 41.3 Å². The number of hydrogen-bond donors (Lipinski definition) is 0. The van der Waals surface area contributed by atoms with Crippen LogP contribution in [0.15, 0.2) is 59.6 Å². The number of anilines is 1. The van der Waals surface area contributed by atoms with Crippen LogP contribution in [0.25, 0.3) is 0 Å². The minimum Gasteiger partial charge on any atom is -0.369 e. The smallest absolute Gasteiger partial charge is 0.352 e. The third kappa shape index (κ3) is 5.01. The molecule has 4 nitrogen and oxygen atoms in total. The fourth-order valence-corrected chi connectivity index (χ4v) is 1.88. The van der Waals surface area contributed by atoms with Gasteiger partial charge in [-0.1, -0.05) is 32.0 Å². The van der Waals surface area contributed by atoms with Crippen molar-refractivity contribution in [2.24, 2.45) is 4.99 Å². The zero-order chi connectivity index (χ0) is 15.8. The number of para-hydroxylation sites is 1. The number of nitrogens with zero attached hydrogens (tertiary/aromatic N) is 2. The second kappa shape index (κ2) is 9.06. The Bertz CT molecular complexity index is 686. The van der Waals surface area contributed by atoms with Crippen LogP contribution in [0.5, 0.6) is 0 Å². The van der Waals surface area contributed by atoms with Gasteiger partial charge in [0.15, 0.2) is 0 Å².